The van der Waals surface area contributed by atoms with Gasteiger partial charge in [0, 0.05) is 6.04 Å². The van der Waals surface area contributed by atoms with E-state index < -0.39 is 77.4 Å². The Hall–Kier alpha value is -2.74. The van der Waals surface area contributed by atoms with Crippen LogP contribution in [0.1, 0.15) is 26.2 Å². The summed E-state index contributed by atoms with van der Waals surface area (Å²) in [5, 5.41) is 32.1. The van der Waals surface area contributed by atoms with Gasteiger partial charge in [-0.2, -0.15) is 8.62 Å². The van der Waals surface area contributed by atoms with E-state index in [0.717, 1.165) is 25.4 Å². The fourth-order valence-electron chi connectivity index (χ4n) is 3.82. The van der Waals surface area contributed by atoms with Crippen LogP contribution in [0.2, 0.25) is 0 Å². The summed E-state index contributed by atoms with van der Waals surface area (Å²) in [6.45, 7) is 0.00397. The molecule has 3 heterocycles. The highest BCUT2D eigenvalue weighted by molar-refractivity contribution is 7.66. The standard InChI is InChI=1S/C18H23N6O15P3/c1-9(10-4-2-3-5-11(10)24(27)28)37-41(31,32)39-42(33,34)38-40(29,30)35-6-12-14(25)15(26)18(36-12)23-8-22-13-16(19)20-7-21-17(13)23/h2-5,7-9,12,14-15,18,25-26H,6H2,1H3,(H,29,30)(H,31,32)(H,33,34)(H2,19,20,21)/t9?,12-,14-,15-,18-/m1/s1/i5D. The molecule has 24 heteroatoms. The summed E-state index contributed by atoms with van der Waals surface area (Å²) in [5.41, 5.74) is 4.84. The summed E-state index contributed by atoms with van der Waals surface area (Å²) in [6, 6.07) is 2.80. The molecule has 21 nitrogen and oxygen atoms in total. The van der Waals surface area contributed by atoms with E-state index >= 15 is 0 Å². The van der Waals surface area contributed by atoms with Gasteiger partial charge in [-0.05, 0) is 13.0 Å². The van der Waals surface area contributed by atoms with Crippen molar-refractivity contribution in [3.8, 4) is 0 Å². The van der Waals surface area contributed by atoms with Crippen molar-refractivity contribution in [2.24, 2.45) is 0 Å². The van der Waals surface area contributed by atoms with Crippen molar-refractivity contribution in [2.45, 2.75) is 37.6 Å². The molecule has 7 N–H and O–H groups in total. The van der Waals surface area contributed by atoms with Crippen LogP contribution in [0.4, 0.5) is 11.5 Å². The van der Waals surface area contributed by atoms with E-state index in [-0.39, 0.29) is 22.5 Å². The van der Waals surface area contributed by atoms with Crippen molar-refractivity contribution in [2.75, 3.05) is 12.3 Å². The normalized spacial score (nSPS) is 26.2. The number of ether oxygens (including phenoxy) is 1. The van der Waals surface area contributed by atoms with Crippen molar-refractivity contribution in [3.05, 3.63) is 52.6 Å². The van der Waals surface area contributed by atoms with Crippen LogP contribution in [0, 0.1) is 10.1 Å². The second-order valence-corrected chi connectivity index (χ2v) is 13.1. The number of phosphoric ester groups is 2. The second-order valence-electron chi connectivity index (χ2n) is 8.47. The summed E-state index contributed by atoms with van der Waals surface area (Å²) in [7, 11) is -17.2. The molecule has 4 rings (SSSR count). The highest BCUT2D eigenvalue weighted by Crippen LogP contribution is 2.68. The summed E-state index contributed by atoms with van der Waals surface area (Å²) in [5.74, 6) is 0.0151. The molecule has 3 aromatic rings. The molecule has 1 aromatic carbocycles. The Morgan fingerprint density at radius 2 is 1.83 bits per heavy atom. The lowest BCUT2D eigenvalue weighted by molar-refractivity contribution is -0.386. The number of nitrogen functional groups attached to an aromatic ring is 1. The molecule has 4 unspecified atom stereocenters. The van der Waals surface area contributed by atoms with Gasteiger partial charge >= 0.3 is 23.5 Å². The summed E-state index contributed by atoms with van der Waals surface area (Å²) in [4.78, 5) is 51.7. The number of para-hydroxylation sites is 1. The molecule has 2 aromatic heterocycles. The quantitative estimate of drug-likeness (QED) is 0.0900. The Balaban J connectivity index is 1.38. The number of anilines is 1. The molecule has 1 aliphatic heterocycles. The molecular weight excluding hydrogens is 633 g/mol. The molecular formula is C18H23N6O15P3. The van der Waals surface area contributed by atoms with Crippen molar-refractivity contribution in [1.82, 2.24) is 19.5 Å². The Bertz CT molecular complexity index is 1680. The number of imidazole rings is 1. The van der Waals surface area contributed by atoms with Crippen molar-refractivity contribution >= 4 is 46.1 Å². The van der Waals surface area contributed by atoms with Gasteiger partial charge in [0.25, 0.3) is 5.69 Å². The maximum absolute atomic E-state index is 12.3. The minimum Gasteiger partial charge on any atom is -0.387 e. The number of benzene rings is 1. The van der Waals surface area contributed by atoms with Gasteiger partial charge in [0.05, 0.1) is 30.9 Å². The maximum Gasteiger partial charge on any atom is 0.490 e. The van der Waals surface area contributed by atoms with Crippen LogP contribution in [-0.2, 0) is 36.1 Å². The van der Waals surface area contributed by atoms with E-state index in [4.69, 9.17) is 11.8 Å². The van der Waals surface area contributed by atoms with Gasteiger partial charge in [0.2, 0.25) is 0 Å². The first kappa shape index (κ1) is 30.7. The van der Waals surface area contributed by atoms with Crippen LogP contribution < -0.4 is 5.73 Å². The monoisotopic (exact) mass is 657 g/mol. The number of nitrogens with two attached hydrogens (primary N) is 1. The SMILES string of the molecule is [2H]c1cccc(C(C)OP(=O)(O)OP(=O)(O)OP(=O)(O)OC[C@H]2O[C@@H](n3cnc4c(N)ncnc43)[C@H](O)[C@@H]2O)c1[N+](=O)[O-]. The number of aromatic nitrogens is 4. The largest absolute Gasteiger partial charge is 0.490 e. The smallest absolute Gasteiger partial charge is 0.387 e. The van der Waals surface area contributed by atoms with Crippen LogP contribution in [0.25, 0.3) is 11.2 Å². The van der Waals surface area contributed by atoms with E-state index in [1.807, 2.05) is 0 Å². The van der Waals surface area contributed by atoms with Gasteiger partial charge in [-0.15, -0.1) is 0 Å². The van der Waals surface area contributed by atoms with Crippen molar-refractivity contribution in [1.29, 1.82) is 0 Å². The van der Waals surface area contributed by atoms with E-state index in [1.54, 1.807) is 0 Å². The molecule has 0 bridgehead atoms. The third-order valence-electron chi connectivity index (χ3n) is 5.59. The second kappa shape index (κ2) is 12.1. The Kier molecular flexibility index (Phi) is 8.85. The Morgan fingerprint density at radius 3 is 2.52 bits per heavy atom. The number of aliphatic hydroxyl groups excluding tert-OH is 2. The number of fused-ring (bicyclic) bond motifs is 1. The first-order valence-electron chi connectivity index (χ1n) is 11.8. The zero-order valence-corrected chi connectivity index (χ0v) is 23.6. The lowest BCUT2D eigenvalue weighted by Crippen LogP contribution is -2.33. The van der Waals surface area contributed by atoms with Gasteiger partial charge in [-0.3, -0.25) is 23.7 Å². The van der Waals surface area contributed by atoms with Gasteiger partial charge < -0.3 is 35.4 Å². The summed E-state index contributed by atoms with van der Waals surface area (Å²) in [6.07, 6.45) is -5.64. The number of phosphoric acid groups is 3. The average molecular weight is 657 g/mol. The number of hydrogen-bond acceptors (Lipinski definition) is 16. The van der Waals surface area contributed by atoms with Gasteiger partial charge in [0.1, 0.15) is 30.2 Å². The molecule has 0 spiro atoms. The van der Waals surface area contributed by atoms with Gasteiger partial charge in [-0.25, -0.2) is 28.6 Å². The third kappa shape index (κ3) is 7.24. The van der Waals surface area contributed by atoms with E-state index in [1.165, 1.54) is 17.0 Å². The van der Waals surface area contributed by atoms with Crippen LogP contribution in [0.15, 0.2) is 36.9 Å². The molecule has 0 saturated carbocycles. The predicted molar refractivity (Wildman–Crippen MR) is 136 cm³/mol. The maximum atomic E-state index is 12.3. The Labute approximate surface area is 235 Å². The van der Waals surface area contributed by atoms with Gasteiger partial charge in [0.15, 0.2) is 17.7 Å². The first-order chi connectivity index (χ1) is 19.9. The number of nitro benzene ring substituents is 1. The highest BCUT2D eigenvalue weighted by Gasteiger charge is 2.47. The van der Waals surface area contributed by atoms with E-state index in [9.17, 15) is 48.7 Å². The zero-order valence-electron chi connectivity index (χ0n) is 22.0. The third-order valence-corrected chi connectivity index (χ3v) is 9.95. The topological polar surface area (TPSA) is 311 Å². The summed E-state index contributed by atoms with van der Waals surface area (Å²) >= 11 is 0. The van der Waals surface area contributed by atoms with Gasteiger partial charge in [-0.1, -0.05) is 12.1 Å². The fourth-order valence-corrected chi connectivity index (χ4v) is 7.49. The number of aliphatic hydroxyl groups is 2. The molecule has 0 amide bonds. The number of nitrogens with zero attached hydrogens (tertiary/aromatic N) is 5. The fraction of sp³-hybridized carbons (Fsp3) is 0.389. The Morgan fingerprint density at radius 1 is 1.14 bits per heavy atom. The van der Waals surface area contributed by atoms with Crippen LogP contribution in [-0.4, -0.2) is 74.3 Å². The zero-order chi connectivity index (χ0) is 31.9. The average Bonchev–Trinajstić information content (AvgIpc) is 3.42. The van der Waals surface area contributed by atoms with Crippen molar-refractivity contribution < 1.29 is 67.3 Å². The number of nitro groups is 1. The van der Waals surface area contributed by atoms with Crippen LogP contribution in [0.3, 0.4) is 0 Å². The molecule has 42 heavy (non-hydrogen) atoms. The molecule has 1 fully saturated rings. The minimum absolute atomic E-state index is 0.0151. The molecule has 0 aliphatic carbocycles. The molecule has 0 radical (unpaired) electrons. The summed E-state index contributed by atoms with van der Waals surface area (Å²) < 4.78 is 68.5. The number of rotatable bonds is 12. The lowest BCUT2D eigenvalue weighted by atomic mass is 10.1. The van der Waals surface area contributed by atoms with Crippen LogP contribution in [0.5, 0.6) is 0 Å². The highest BCUT2D eigenvalue weighted by atomic mass is 31.3. The predicted octanol–water partition coefficient (Wildman–Crippen LogP) is 1.06. The van der Waals surface area contributed by atoms with E-state index in [0.29, 0.717) is 0 Å². The molecule has 230 valence electrons. The molecule has 8 atom stereocenters. The molecule has 1 saturated heterocycles. The minimum atomic E-state index is -5.93. The number of hydrogen-bond donors (Lipinski definition) is 6. The van der Waals surface area contributed by atoms with Crippen molar-refractivity contribution in [3.63, 3.8) is 0 Å². The lowest BCUT2D eigenvalue weighted by Gasteiger charge is -2.21. The molecule has 1 aliphatic rings. The van der Waals surface area contributed by atoms with Crippen LogP contribution >= 0.6 is 23.5 Å². The van der Waals surface area contributed by atoms with E-state index in [2.05, 4.69) is 32.6 Å². The first-order valence-corrected chi connectivity index (χ1v) is 15.8.